The number of halogens is 2. The fourth-order valence-electron chi connectivity index (χ4n) is 1.56. The zero-order chi connectivity index (χ0) is 13.8. The monoisotopic (exact) mass is 340 g/mol. The number of aromatic nitrogens is 2. The maximum atomic E-state index is 12.2. The molecular formula is C13H10BrClN2O2. The quantitative estimate of drug-likeness (QED) is 0.801. The molecule has 0 bridgehead atoms. The van der Waals surface area contributed by atoms with E-state index in [1.54, 1.807) is 24.3 Å². The number of rotatable bonds is 4. The van der Waals surface area contributed by atoms with Gasteiger partial charge in [-0.25, -0.2) is 9.97 Å². The van der Waals surface area contributed by atoms with Crippen LogP contribution in [0.4, 0.5) is 0 Å². The largest absolute Gasteiger partial charge is 0.481 e. The molecule has 2 aromatic rings. The number of hydrogen-bond acceptors (Lipinski definition) is 4. The summed E-state index contributed by atoms with van der Waals surface area (Å²) in [5.74, 6) is 0.386. The number of ether oxygens (including phenoxy) is 1. The second-order valence-corrected chi connectivity index (χ2v) is 5.07. The van der Waals surface area contributed by atoms with Crippen molar-refractivity contribution in [1.82, 2.24) is 9.97 Å². The first kappa shape index (κ1) is 14.0. The zero-order valence-electron chi connectivity index (χ0n) is 10.1. The highest BCUT2D eigenvalue weighted by Crippen LogP contribution is 2.23. The lowest BCUT2D eigenvalue weighted by Gasteiger charge is -2.05. The molecule has 0 N–H and O–H groups in total. The summed E-state index contributed by atoms with van der Waals surface area (Å²) in [5.41, 5.74) is 1.18. The van der Waals surface area contributed by atoms with E-state index in [2.05, 4.69) is 25.9 Å². The van der Waals surface area contributed by atoms with Crippen molar-refractivity contribution in [3.63, 3.8) is 0 Å². The van der Waals surface area contributed by atoms with Crippen LogP contribution in [0, 0.1) is 0 Å². The fraction of sp³-hybridized carbons (Fsp3) is 0.154. The molecule has 2 rings (SSSR count). The molecule has 98 valence electrons. The number of carbonyl (C=O) groups excluding carboxylic acids is 1. The van der Waals surface area contributed by atoms with E-state index in [0.29, 0.717) is 26.6 Å². The number of carbonyl (C=O) groups is 1. The van der Waals surface area contributed by atoms with E-state index in [9.17, 15) is 4.79 Å². The van der Waals surface area contributed by atoms with E-state index in [1.807, 2.05) is 0 Å². The minimum Gasteiger partial charge on any atom is -0.481 e. The standard InChI is InChI=1S/C13H10BrClN2O2/c1-19-13-6-9(16-7-17-13)5-12(18)10-3-2-8(15)4-11(10)14/h2-4,6-7H,5H2,1H3. The van der Waals surface area contributed by atoms with Gasteiger partial charge in [0.05, 0.1) is 19.2 Å². The van der Waals surface area contributed by atoms with Crippen molar-refractivity contribution >= 4 is 33.3 Å². The molecule has 0 saturated heterocycles. The van der Waals surface area contributed by atoms with Gasteiger partial charge >= 0.3 is 0 Å². The summed E-state index contributed by atoms with van der Waals surface area (Å²) in [5, 5.41) is 0.576. The summed E-state index contributed by atoms with van der Waals surface area (Å²) in [6, 6.07) is 6.70. The molecule has 4 nitrogen and oxygen atoms in total. The third kappa shape index (κ3) is 3.52. The molecule has 19 heavy (non-hydrogen) atoms. The molecule has 1 aromatic carbocycles. The van der Waals surface area contributed by atoms with Crippen molar-refractivity contribution in [3.05, 3.63) is 51.3 Å². The van der Waals surface area contributed by atoms with Crippen LogP contribution in [0.15, 0.2) is 35.1 Å². The van der Waals surface area contributed by atoms with Crippen molar-refractivity contribution in [3.8, 4) is 5.88 Å². The second kappa shape index (κ2) is 6.12. The van der Waals surface area contributed by atoms with Crippen molar-refractivity contribution in [2.24, 2.45) is 0 Å². The molecule has 1 aromatic heterocycles. The van der Waals surface area contributed by atoms with Gasteiger partial charge in [0.25, 0.3) is 0 Å². The minimum atomic E-state index is -0.0516. The molecule has 0 amide bonds. The van der Waals surface area contributed by atoms with Gasteiger partial charge in [0, 0.05) is 21.1 Å². The van der Waals surface area contributed by atoms with Gasteiger partial charge < -0.3 is 4.74 Å². The lowest BCUT2D eigenvalue weighted by molar-refractivity contribution is 0.0991. The van der Waals surface area contributed by atoms with Crippen LogP contribution in [0.1, 0.15) is 16.1 Å². The van der Waals surface area contributed by atoms with Crippen LogP contribution < -0.4 is 4.74 Å². The van der Waals surface area contributed by atoms with Crippen molar-refractivity contribution in [2.45, 2.75) is 6.42 Å². The van der Waals surface area contributed by atoms with Crippen LogP contribution in [-0.2, 0) is 6.42 Å². The lowest BCUT2D eigenvalue weighted by atomic mass is 10.1. The first-order valence-corrected chi connectivity index (χ1v) is 6.60. The Kier molecular flexibility index (Phi) is 4.50. The molecule has 6 heteroatoms. The molecule has 0 unspecified atom stereocenters. The first-order valence-electron chi connectivity index (χ1n) is 5.43. The van der Waals surface area contributed by atoms with E-state index < -0.39 is 0 Å². The van der Waals surface area contributed by atoms with E-state index in [4.69, 9.17) is 16.3 Å². The SMILES string of the molecule is COc1cc(CC(=O)c2ccc(Cl)cc2Br)ncn1. The molecule has 0 spiro atoms. The van der Waals surface area contributed by atoms with Crippen molar-refractivity contribution in [2.75, 3.05) is 7.11 Å². The normalized spacial score (nSPS) is 10.3. The molecular weight excluding hydrogens is 332 g/mol. The average molecular weight is 342 g/mol. The maximum absolute atomic E-state index is 12.2. The van der Waals surface area contributed by atoms with Gasteiger partial charge in [-0.1, -0.05) is 11.6 Å². The number of hydrogen-bond donors (Lipinski definition) is 0. The summed E-state index contributed by atoms with van der Waals surface area (Å²) in [6.45, 7) is 0. The van der Waals surface area contributed by atoms with E-state index in [1.165, 1.54) is 13.4 Å². The Morgan fingerprint density at radius 2 is 2.16 bits per heavy atom. The highest BCUT2D eigenvalue weighted by molar-refractivity contribution is 9.10. The molecule has 0 radical (unpaired) electrons. The molecule has 1 heterocycles. The Balaban J connectivity index is 2.20. The van der Waals surface area contributed by atoms with Gasteiger partial charge in [-0.05, 0) is 34.1 Å². The smallest absolute Gasteiger partial charge is 0.216 e. The highest BCUT2D eigenvalue weighted by atomic mass is 79.9. The number of ketones is 1. The Labute approximate surface area is 123 Å². The second-order valence-electron chi connectivity index (χ2n) is 3.78. The molecule has 0 aliphatic carbocycles. The summed E-state index contributed by atoms with van der Waals surface area (Å²) < 4.78 is 5.66. The average Bonchev–Trinajstić information content (AvgIpc) is 2.38. The van der Waals surface area contributed by atoms with Crippen LogP contribution in [-0.4, -0.2) is 22.9 Å². The lowest BCUT2D eigenvalue weighted by Crippen LogP contribution is -2.06. The van der Waals surface area contributed by atoms with Gasteiger partial charge in [0.15, 0.2) is 5.78 Å². The molecule has 0 aliphatic heterocycles. The predicted molar refractivity (Wildman–Crippen MR) is 75.8 cm³/mol. The van der Waals surface area contributed by atoms with E-state index in [-0.39, 0.29) is 12.2 Å². The van der Waals surface area contributed by atoms with E-state index in [0.717, 1.165) is 0 Å². The predicted octanol–water partition coefficient (Wildman–Crippen LogP) is 3.33. The Morgan fingerprint density at radius 1 is 1.37 bits per heavy atom. The Morgan fingerprint density at radius 3 is 2.84 bits per heavy atom. The van der Waals surface area contributed by atoms with E-state index >= 15 is 0 Å². The van der Waals surface area contributed by atoms with Gasteiger partial charge in [-0.2, -0.15) is 0 Å². The van der Waals surface area contributed by atoms with Crippen LogP contribution in [0.3, 0.4) is 0 Å². The van der Waals surface area contributed by atoms with Gasteiger partial charge in [0.2, 0.25) is 5.88 Å². The zero-order valence-corrected chi connectivity index (χ0v) is 12.4. The van der Waals surface area contributed by atoms with Gasteiger partial charge in [-0.15, -0.1) is 0 Å². The molecule has 0 saturated carbocycles. The third-order valence-electron chi connectivity index (χ3n) is 2.48. The maximum Gasteiger partial charge on any atom is 0.216 e. The molecule has 0 aliphatic rings. The van der Waals surface area contributed by atoms with Crippen LogP contribution in [0.25, 0.3) is 0 Å². The summed E-state index contributed by atoms with van der Waals surface area (Å²) in [6.07, 6.45) is 1.55. The summed E-state index contributed by atoms with van der Waals surface area (Å²) in [4.78, 5) is 20.1. The highest BCUT2D eigenvalue weighted by Gasteiger charge is 2.12. The minimum absolute atomic E-state index is 0.0516. The van der Waals surface area contributed by atoms with Crippen LogP contribution in [0.5, 0.6) is 5.88 Å². The summed E-state index contributed by atoms with van der Waals surface area (Å²) in [7, 11) is 1.52. The first-order chi connectivity index (χ1) is 9.10. The summed E-state index contributed by atoms with van der Waals surface area (Å²) >= 11 is 9.17. The number of Topliss-reactive ketones (excluding diaryl/α,β-unsaturated/α-hetero) is 1. The third-order valence-corrected chi connectivity index (χ3v) is 3.37. The molecule has 0 fully saturated rings. The van der Waals surface area contributed by atoms with Crippen molar-refractivity contribution < 1.29 is 9.53 Å². The van der Waals surface area contributed by atoms with Crippen LogP contribution in [0.2, 0.25) is 5.02 Å². The fourth-order valence-corrected chi connectivity index (χ4v) is 2.46. The topological polar surface area (TPSA) is 52.1 Å². The van der Waals surface area contributed by atoms with Crippen LogP contribution >= 0.6 is 27.5 Å². The molecule has 0 atom stereocenters. The Bertz CT molecular complexity index is 619. The number of methoxy groups -OCH3 is 1. The number of benzene rings is 1. The van der Waals surface area contributed by atoms with Gasteiger partial charge in [-0.3, -0.25) is 4.79 Å². The number of nitrogens with zero attached hydrogens (tertiary/aromatic N) is 2. The van der Waals surface area contributed by atoms with Gasteiger partial charge in [0.1, 0.15) is 6.33 Å². The van der Waals surface area contributed by atoms with Crippen molar-refractivity contribution in [1.29, 1.82) is 0 Å². The Hall–Kier alpha value is -1.46.